The van der Waals surface area contributed by atoms with Crippen LogP contribution in [-0.4, -0.2) is 80.4 Å². The van der Waals surface area contributed by atoms with Gasteiger partial charge in [-0.05, 0) is 12.5 Å². The lowest BCUT2D eigenvalue weighted by Gasteiger charge is -2.34. The van der Waals surface area contributed by atoms with Crippen molar-refractivity contribution >= 4 is 17.6 Å². The van der Waals surface area contributed by atoms with E-state index in [2.05, 4.69) is 5.32 Å². The lowest BCUT2D eigenvalue weighted by Crippen LogP contribution is -2.51. The summed E-state index contributed by atoms with van der Waals surface area (Å²) in [7, 11) is 1.64. The first-order valence-corrected chi connectivity index (χ1v) is 10.6. The van der Waals surface area contributed by atoms with Crippen molar-refractivity contribution in [3.05, 3.63) is 71.3 Å². The number of ether oxygens (including phenoxy) is 1. The molecule has 0 bridgehead atoms. The van der Waals surface area contributed by atoms with Crippen LogP contribution in [0, 0.1) is 0 Å². The largest absolute Gasteiger partial charge is 0.385 e. The molecule has 31 heavy (non-hydrogen) atoms. The molecule has 164 valence electrons. The number of nitrogens with one attached hydrogen (secondary N) is 1. The summed E-state index contributed by atoms with van der Waals surface area (Å²) in [5.41, 5.74) is 1.39. The second-order valence-electron chi connectivity index (χ2n) is 7.51. The van der Waals surface area contributed by atoms with E-state index in [9.17, 15) is 14.4 Å². The Morgan fingerprint density at radius 2 is 1.55 bits per heavy atom. The van der Waals surface area contributed by atoms with Crippen LogP contribution in [0.2, 0.25) is 0 Å². The zero-order valence-corrected chi connectivity index (χ0v) is 17.9. The summed E-state index contributed by atoms with van der Waals surface area (Å²) in [5, 5.41) is 2.88. The maximum Gasteiger partial charge on any atom is 0.254 e. The van der Waals surface area contributed by atoms with Crippen molar-refractivity contribution in [3.63, 3.8) is 0 Å². The highest BCUT2D eigenvalue weighted by molar-refractivity contribution is 6.15. The Bertz CT molecular complexity index is 893. The summed E-state index contributed by atoms with van der Waals surface area (Å²) in [5.74, 6) is -0.327. The predicted octanol–water partition coefficient (Wildman–Crippen LogP) is 1.83. The number of methoxy groups -OCH3 is 1. The molecular formula is C24H29N3O4. The Morgan fingerprint density at radius 3 is 2.23 bits per heavy atom. The van der Waals surface area contributed by atoms with E-state index in [-0.39, 0.29) is 17.6 Å². The number of nitrogens with zero attached hydrogens (tertiary/aromatic N) is 2. The fourth-order valence-electron chi connectivity index (χ4n) is 3.60. The molecule has 0 radical (unpaired) electrons. The molecule has 0 atom stereocenters. The van der Waals surface area contributed by atoms with E-state index in [0.29, 0.717) is 62.6 Å². The maximum absolute atomic E-state index is 13.2. The van der Waals surface area contributed by atoms with Crippen molar-refractivity contribution in [2.24, 2.45) is 0 Å². The quantitative estimate of drug-likeness (QED) is 0.492. The van der Waals surface area contributed by atoms with Crippen LogP contribution >= 0.6 is 0 Å². The summed E-state index contributed by atoms with van der Waals surface area (Å²) in [6.07, 6.45) is 0.783. The van der Waals surface area contributed by atoms with E-state index in [1.807, 2.05) is 23.1 Å². The van der Waals surface area contributed by atoms with Crippen molar-refractivity contribution in [2.75, 3.05) is 53.0 Å². The van der Waals surface area contributed by atoms with E-state index in [0.717, 1.165) is 6.42 Å². The predicted molar refractivity (Wildman–Crippen MR) is 118 cm³/mol. The highest BCUT2D eigenvalue weighted by Crippen LogP contribution is 2.17. The van der Waals surface area contributed by atoms with Gasteiger partial charge in [0.1, 0.15) is 0 Å². The first kappa shape index (κ1) is 22.7. The molecule has 2 aromatic carbocycles. The fraction of sp³-hybridized carbons (Fsp3) is 0.375. The molecule has 0 unspecified atom stereocenters. The van der Waals surface area contributed by atoms with Gasteiger partial charge in [0, 0.05) is 57.6 Å². The molecule has 1 aliphatic heterocycles. The third-order valence-electron chi connectivity index (χ3n) is 5.31. The van der Waals surface area contributed by atoms with Gasteiger partial charge in [-0.1, -0.05) is 48.5 Å². The number of carbonyl (C=O) groups is 3. The molecule has 1 heterocycles. The van der Waals surface area contributed by atoms with E-state index in [1.54, 1.807) is 48.4 Å². The summed E-state index contributed by atoms with van der Waals surface area (Å²) >= 11 is 0. The Hall–Kier alpha value is -3.03. The van der Waals surface area contributed by atoms with Crippen molar-refractivity contribution in [3.8, 4) is 0 Å². The summed E-state index contributed by atoms with van der Waals surface area (Å²) in [6, 6.07) is 15.9. The van der Waals surface area contributed by atoms with Crippen LogP contribution in [0.3, 0.4) is 0 Å². The molecular weight excluding hydrogens is 394 g/mol. The van der Waals surface area contributed by atoms with Crippen LogP contribution in [0.5, 0.6) is 0 Å². The van der Waals surface area contributed by atoms with Gasteiger partial charge in [-0.2, -0.15) is 0 Å². The Balaban J connectivity index is 1.57. The molecule has 0 spiro atoms. The van der Waals surface area contributed by atoms with E-state index < -0.39 is 0 Å². The number of benzene rings is 2. The lowest BCUT2D eigenvalue weighted by molar-refractivity contribution is -0.122. The second kappa shape index (κ2) is 11.4. The minimum Gasteiger partial charge on any atom is -0.385 e. The number of piperazine rings is 1. The maximum atomic E-state index is 13.2. The molecule has 0 saturated carbocycles. The molecule has 7 nitrogen and oxygen atoms in total. The summed E-state index contributed by atoms with van der Waals surface area (Å²) in [4.78, 5) is 41.9. The molecule has 1 fully saturated rings. The zero-order valence-electron chi connectivity index (χ0n) is 17.9. The highest BCUT2D eigenvalue weighted by Gasteiger charge is 2.26. The van der Waals surface area contributed by atoms with Gasteiger partial charge in [0.2, 0.25) is 5.91 Å². The van der Waals surface area contributed by atoms with Gasteiger partial charge in [-0.25, -0.2) is 0 Å². The van der Waals surface area contributed by atoms with Gasteiger partial charge in [0.25, 0.3) is 5.91 Å². The van der Waals surface area contributed by atoms with Crippen LogP contribution < -0.4 is 5.32 Å². The highest BCUT2D eigenvalue weighted by atomic mass is 16.5. The number of amides is 2. The Morgan fingerprint density at radius 1 is 0.903 bits per heavy atom. The van der Waals surface area contributed by atoms with Crippen LogP contribution in [0.4, 0.5) is 0 Å². The molecule has 2 aromatic rings. The zero-order chi connectivity index (χ0) is 22.1. The fourth-order valence-corrected chi connectivity index (χ4v) is 3.60. The third-order valence-corrected chi connectivity index (χ3v) is 5.31. The smallest absolute Gasteiger partial charge is 0.254 e. The second-order valence-corrected chi connectivity index (χ2v) is 7.51. The van der Waals surface area contributed by atoms with Gasteiger partial charge in [0.15, 0.2) is 5.78 Å². The van der Waals surface area contributed by atoms with E-state index in [1.165, 1.54) is 0 Å². The van der Waals surface area contributed by atoms with E-state index in [4.69, 9.17) is 4.74 Å². The van der Waals surface area contributed by atoms with Crippen LogP contribution in [0.25, 0.3) is 0 Å². The SMILES string of the molecule is COCCCNC(=O)CN1CCN(C(=O)c2ccccc2C(=O)c2ccccc2)CC1. The molecule has 3 rings (SSSR count). The minimum atomic E-state index is -0.159. The molecule has 0 aliphatic carbocycles. The van der Waals surface area contributed by atoms with Crippen molar-refractivity contribution in [1.29, 1.82) is 0 Å². The van der Waals surface area contributed by atoms with Gasteiger partial charge >= 0.3 is 0 Å². The average Bonchev–Trinajstić information content (AvgIpc) is 2.82. The van der Waals surface area contributed by atoms with Gasteiger partial charge in [-0.15, -0.1) is 0 Å². The van der Waals surface area contributed by atoms with Crippen LogP contribution in [0.1, 0.15) is 32.7 Å². The van der Waals surface area contributed by atoms with Crippen molar-refractivity contribution in [1.82, 2.24) is 15.1 Å². The minimum absolute atomic E-state index is 0.0188. The topological polar surface area (TPSA) is 79.0 Å². The van der Waals surface area contributed by atoms with Gasteiger partial charge in [0.05, 0.1) is 12.1 Å². The lowest BCUT2D eigenvalue weighted by atomic mass is 9.97. The summed E-state index contributed by atoms with van der Waals surface area (Å²) in [6.45, 7) is 3.80. The standard InChI is InChI=1S/C24H29N3O4/c1-31-17-7-12-25-22(28)18-26-13-15-27(16-14-26)24(30)21-11-6-5-10-20(21)23(29)19-8-3-2-4-9-19/h2-6,8-11H,7,12-18H2,1H3,(H,25,28). The molecule has 1 saturated heterocycles. The Kier molecular flexibility index (Phi) is 8.32. The first-order valence-electron chi connectivity index (χ1n) is 10.6. The molecule has 1 N–H and O–H groups in total. The molecule has 1 aliphatic rings. The average molecular weight is 424 g/mol. The number of rotatable bonds is 9. The normalized spacial score (nSPS) is 14.3. The Labute approximate surface area is 183 Å². The molecule has 0 aromatic heterocycles. The number of hydrogen-bond acceptors (Lipinski definition) is 5. The number of ketones is 1. The number of carbonyl (C=O) groups excluding carboxylic acids is 3. The van der Waals surface area contributed by atoms with Crippen LogP contribution in [-0.2, 0) is 9.53 Å². The van der Waals surface area contributed by atoms with Gasteiger partial charge < -0.3 is 15.0 Å². The number of hydrogen-bond donors (Lipinski definition) is 1. The monoisotopic (exact) mass is 423 g/mol. The van der Waals surface area contributed by atoms with Crippen molar-refractivity contribution < 1.29 is 19.1 Å². The van der Waals surface area contributed by atoms with Crippen LogP contribution in [0.15, 0.2) is 54.6 Å². The third kappa shape index (κ3) is 6.23. The van der Waals surface area contributed by atoms with Gasteiger partial charge in [-0.3, -0.25) is 19.3 Å². The van der Waals surface area contributed by atoms with E-state index >= 15 is 0 Å². The molecule has 2 amide bonds. The molecule has 7 heteroatoms. The van der Waals surface area contributed by atoms with Crippen molar-refractivity contribution in [2.45, 2.75) is 6.42 Å². The first-order chi connectivity index (χ1) is 15.1. The summed E-state index contributed by atoms with van der Waals surface area (Å²) < 4.78 is 4.97.